The standard InChI is InChI=1S/C26H25Cl2N3O4/c1-2-13-35-19-6-3-5-18(14-19)24(32)22-23(17-7-8-20(27)21(28)15-17)31(26(34)25(22)33)11-4-10-30-12-9-29-16-30/h3,5-9,12,14-16,23,32H,2,4,10-11,13H2,1H3/b24-22+. The van der Waals surface area contributed by atoms with E-state index in [4.69, 9.17) is 27.9 Å². The number of Topliss-reactive ketones (excluding diaryl/α,β-unsaturated/α-hetero) is 1. The number of carbonyl (C=O) groups excluding carboxylic acids is 2. The quantitative estimate of drug-likeness (QED) is 0.232. The zero-order valence-electron chi connectivity index (χ0n) is 19.2. The molecule has 1 amide bonds. The monoisotopic (exact) mass is 513 g/mol. The molecule has 35 heavy (non-hydrogen) atoms. The molecule has 1 unspecified atom stereocenters. The van der Waals surface area contributed by atoms with Gasteiger partial charge in [-0.2, -0.15) is 0 Å². The molecular formula is C26H25Cl2N3O4. The summed E-state index contributed by atoms with van der Waals surface area (Å²) >= 11 is 12.4. The van der Waals surface area contributed by atoms with Crippen LogP contribution in [-0.4, -0.2) is 44.4 Å². The van der Waals surface area contributed by atoms with Crippen molar-refractivity contribution in [1.82, 2.24) is 14.5 Å². The number of aromatic nitrogens is 2. The van der Waals surface area contributed by atoms with Gasteiger partial charge in [0.05, 0.1) is 34.6 Å². The fourth-order valence-electron chi connectivity index (χ4n) is 4.09. The molecule has 0 aliphatic carbocycles. The van der Waals surface area contributed by atoms with E-state index < -0.39 is 17.7 Å². The van der Waals surface area contributed by atoms with Crippen LogP contribution in [0.3, 0.4) is 0 Å². The molecule has 2 aromatic carbocycles. The van der Waals surface area contributed by atoms with Gasteiger partial charge >= 0.3 is 0 Å². The molecule has 182 valence electrons. The molecule has 4 rings (SSSR count). The summed E-state index contributed by atoms with van der Waals surface area (Å²) in [5.74, 6) is -1.12. The second-order valence-corrected chi connectivity index (χ2v) is 9.01. The van der Waals surface area contributed by atoms with E-state index in [-0.39, 0.29) is 11.3 Å². The van der Waals surface area contributed by atoms with Gasteiger partial charge in [-0.25, -0.2) is 4.98 Å². The highest BCUT2D eigenvalue weighted by molar-refractivity contribution is 6.46. The van der Waals surface area contributed by atoms with Crippen LogP contribution in [0.25, 0.3) is 5.76 Å². The van der Waals surface area contributed by atoms with E-state index >= 15 is 0 Å². The number of benzene rings is 2. The van der Waals surface area contributed by atoms with Crippen LogP contribution in [0.5, 0.6) is 5.75 Å². The van der Waals surface area contributed by atoms with Gasteiger partial charge in [0.2, 0.25) is 0 Å². The van der Waals surface area contributed by atoms with Crippen molar-refractivity contribution in [3.05, 3.63) is 87.9 Å². The van der Waals surface area contributed by atoms with Gasteiger partial charge in [-0.05, 0) is 42.7 Å². The van der Waals surface area contributed by atoms with Crippen molar-refractivity contribution in [3.63, 3.8) is 0 Å². The molecule has 9 heteroatoms. The molecule has 1 atom stereocenters. The molecule has 1 aliphatic rings. The molecular weight excluding hydrogens is 489 g/mol. The number of rotatable bonds is 9. The van der Waals surface area contributed by atoms with Crippen LogP contribution < -0.4 is 4.74 Å². The molecule has 0 spiro atoms. The third-order valence-corrected chi connectivity index (χ3v) is 6.49. The van der Waals surface area contributed by atoms with Crippen LogP contribution in [0.1, 0.15) is 36.9 Å². The number of aliphatic hydroxyl groups is 1. The molecule has 1 aliphatic heterocycles. The summed E-state index contributed by atoms with van der Waals surface area (Å²) in [6, 6.07) is 11.0. The van der Waals surface area contributed by atoms with Crippen LogP contribution >= 0.6 is 23.2 Å². The first-order valence-corrected chi connectivity index (χ1v) is 12.1. The molecule has 3 aromatic rings. The summed E-state index contributed by atoms with van der Waals surface area (Å²) in [5.41, 5.74) is 0.977. The summed E-state index contributed by atoms with van der Waals surface area (Å²) in [7, 11) is 0. The highest BCUT2D eigenvalue weighted by Gasteiger charge is 2.46. The van der Waals surface area contributed by atoms with Crippen LogP contribution in [0.15, 0.2) is 66.8 Å². The number of amides is 1. The molecule has 0 radical (unpaired) electrons. The molecule has 7 nitrogen and oxygen atoms in total. The Labute approximate surface area is 213 Å². The normalized spacial score (nSPS) is 17.2. The maximum absolute atomic E-state index is 13.2. The Balaban J connectivity index is 1.74. The average Bonchev–Trinajstić information content (AvgIpc) is 3.46. The van der Waals surface area contributed by atoms with Crippen LogP contribution in [0, 0.1) is 0 Å². The summed E-state index contributed by atoms with van der Waals surface area (Å²) in [5, 5.41) is 11.9. The summed E-state index contributed by atoms with van der Waals surface area (Å²) < 4.78 is 7.57. The molecule has 1 fully saturated rings. The zero-order chi connectivity index (χ0) is 24.9. The molecule has 2 heterocycles. The largest absolute Gasteiger partial charge is 0.507 e. The maximum Gasteiger partial charge on any atom is 0.295 e. The van der Waals surface area contributed by atoms with E-state index in [1.807, 2.05) is 17.7 Å². The fraction of sp³-hybridized carbons (Fsp3) is 0.269. The molecule has 1 N–H and O–H groups in total. The first-order valence-electron chi connectivity index (χ1n) is 11.3. The third kappa shape index (κ3) is 5.36. The Morgan fingerprint density at radius 1 is 1.11 bits per heavy atom. The maximum atomic E-state index is 13.2. The van der Waals surface area contributed by atoms with Crippen LogP contribution in [-0.2, 0) is 16.1 Å². The van der Waals surface area contributed by atoms with Gasteiger partial charge in [0.1, 0.15) is 11.5 Å². The Kier molecular flexibility index (Phi) is 7.78. The Hall–Kier alpha value is -3.29. The molecule has 1 aromatic heterocycles. The Morgan fingerprint density at radius 3 is 2.66 bits per heavy atom. The highest BCUT2D eigenvalue weighted by Crippen LogP contribution is 2.41. The van der Waals surface area contributed by atoms with Gasteiger partial charge in [-0.3, -0.25) is 9.59 Å². The molecule has 0 bridgehead atoms. The zero-order valence-corrected chi connectivity index (χ0v) is 20.7. The highest BCUT2D eigenvalue weighted by atomic mass is 35.5. The SMILES string of the molecule is CCCOc1cccc(/C(O)=C2\C(=O)C(=O)N(CCCn3ccnc3)C2c2ccc(Cl)c(Cl)c2)c1. The van der Waals surface area contributed by atoms with Gasteiger partial charge in [0, 0.05) is 31.0 Å². The van der Waals surface area contributed by atoms with E-state index in [1.54, 1.807) is 55.0 Å². The number of aliphatic hydroxyl groups excluding tert-OH is 1. The lowest BCUT2D eigenvalue weighted by Gasteiger charge is -2.25. The van der Waals surface area contributed by atoms with Crippen molar-refractivity contribution in [2.75, 3.05) is 13.2 Å². The number of hydrogen-bond donors (Lipinski definition) is 1. The number of imidazole rings is 1. The van der Waals surface area contributed by atoms with Crippen molar-refractivity contribution in [2.24, 2.45) is 0 Å². The van der Waals surface area contributed by atoms with E-state index in [1.165, 1.54) is 4.90 Å². The average molecular weight is 514 g/mol. The number of nitrogens with zero attached hydrogens (tertiary/aromatic N) is 3. The van der Waals surface area contributed by atoms with Crippen molar-refractivity contribution in [1.29, 1.82) is 0 Å². The molecule has 1 saturated heterocycles. The lowest BCUT2D eigenvalue weighted by molar-refractivity contribution is -0.139. The Bertz CT molecular complexity index is 1260. The predicted molar refractivity (Wildman–Crippen MR) is 135 cm³/mol. The number of ketones is 1. The van der Waals surface area contributed by atoms with Crippen molar-refractivity contribution < 1.29 is 19.4 Å². The van der Waals surface area contributed by atoms with Gasteiger partial charge in [0.15, 0.2) is 0 Å². The summed E-state index contributed by atoms with van der Waals surface area (Å²) in [6.45, 7) is 3.43. The first-order chi connectivity index (χ1) is 16.9. The smallest absolute Gasteiger partial charge is 0.295 e. The minimum atomic E-state index is -0.812. The predicted octanol–water partition coefficient (Wildman–Crippen LogP) is 5.49. The number of carbonyl (C=O) groups is 2. The molecule has 0 saturated carbocycles. The number of likely N-dealkylation sites (tertiary alicyclic amines) is 1. The van der Waals surface area contributed by atoms with Crippen molar-refractivity contribution in [3.8, 4) is 5.75 Å². The number of ether oxygens (including phenoxy) is 1. The van der Waals surface area contributed by atoms with Gasteiger partial charge in [0.25, 0.3) is 11.7 Å². The van der Waals surface area contributed by atoms with Crippen molar-refractivity contribution in [2.45, 2.75) is 32.4 Å². The summed E-state index contributed by atoms with van der Waals surface area (Å²) in [4.78, 5) is 31.8. The van der Waals surface area contributed by atoms with Crippen LogP contribution in [0.2, 0.25) is 10.0 Å². The van der Waals surface area contributed by atoms with E-state index in [0.717, 1.165) is 6.42 Å². The summed E-state index contributed by atoms with van der Waals surface area (Å²) in [6.07, 6.45) is 6.62. The van der Waals surface area contributed by atoms with Crippen LogP contribution in [0.4, 0.5) is 0 Å². The van der Waals surface area contributed by atoms with E-state index in [2.05, 4.69) is 4.98 Å². The van der Waals surface area contributed by atoms with Gasteiger partial charge in [-0.1, -0.05) is 48.3 Å². The lowest BCUT2D eigenvalue weighted by atomic mass is 9.95. The van der Waals surface area contributed by atoms with Gasteiger partial charge in [-0.15, -0.1) is 0 Å². The van der Waals surface area contributed by atoms with Crippen molar-refractivity contribution >= 4 is 40.7 Å². The second kappa shape index (κ2) is 11.0. The fourth-order valence-corrected chi connectivity index (χ4v) is 4.40. The minimum absolute atomic E-state index is 0.00339. The minimum Gasteiger partial charge on any atom is -0.507 e. The first kappa shape index (κ1) is 24.8. The number of aryl methyl sites for hydroxylation is 1. The van der Waals surface area contributed by atoms with E-state index in [9.17, 15) is 14.7 Å². The third-order valence-electron chi connectivity index (χ3n) is 5.75. The number of halogens is 2. The second-order valence-electron chi connectivity index (χ2n) is 8.20. The lowest BCUT2D eigenvalue weighted by Crippen LogP contribution is -2.31. The topological polar surface area (TPSA) is 84.7 Å². The van der Waals surface area contributed by atoms with Gasteiger partial charge < -0.3 is 19.3 Å². The number of hydrogen-bond acceptors (Lipinski definition) is 5. The van der Waals surface area contributed by atoms with E-state index in [0.29, 0.717) is 53.0 Å². The Morgan fingerprint density at radius 2 is 1.94 bits per heavy atom.